The van der Waals surface area contributed by atoms with Gasteiger partial charge in [-0.3, -0.25) is 9.78 Å². The van der Waals surface area contributed by atoms with Gasteiger partial charge in [-0.25, -0.2) is 0 Å². The second kappa shape index (κ2) is 3.56. The van der Waals surface area contributed by atoms with Gasteiger partial charge >= 0.3 is 5.97 Å². The van der Waals surface area contributed by atoms with E-state index in [0.717, 1.165) is 18.5 Å². The van der Waals surface area contributed by atoms with E-state index in [1.54, 1.807) is 6.20 Å². The van der Waals surface area contributed by atoms with Crippen LogP contribution in [0.15, 0.2) is 24.4 Å². The Morgan fingerprint density at radius 2 is 2.38 bits per heavy atom. The monoisotopic (exact) mass is 177 g/mol. The second-order valence-electron chi connectivity index (χ2n) is 3.12. The third-order valence-electron chi connectivity index (χ3n) is 2.21. The summed E-state index contributed by atoms with van der Waals surface area (Å²) in [6.07, 6.45) is 3.50. The quantitative estimate of drug-likeness (QED) is 0.610. The van der Waals surface area contributed by atoms with E-state index in [1.165, 1.54) is 0 Å². The van der Waals surface area contributed by atoms with Crippen LogP contribution in [-0.2, 0) is 9.53 Å². The maximum Gasteiger partial charge on any atom is 0.315 e. The fourth-order valence-electron chi connectivity index (χ4n) is 1.53. The Balaban J connectivity index is 2.20. The molecule has 3 nitrogen and oxygen atoms in total. The van der Waals surface area contributed by atoms with Gasteiger partial charge in [0.05, 0.1) is 18.2 Å². The van der Waals surface area contributed by atoms with Crippen molar-refractivity contribution in [1.82, 2.24) is 4.98 Å². The Labute approximate surface area is 76.7 Å². The van der Waals surface area contributed by atoms with Crippen molar-refractivity contribution in [3.8, 4) is 0 Å². The fraction of sp³-hybridized carbons (Fsp3) is 0.400. The molecule has 2 heterocycles. The van der Waals surface area contributed by atoms with E-state index in [2.05, 4.69) is 4.98 Å². The summed E-state index contributed by atoms with van der Waals surface area (Å²) in [4.78, 5) is 15.5. The zero-order chi connectivity index (χ0) is 9.10. The maximum atomic E-state index is 11.3. The van der Waals surface area contributed by atoms with Crippen LogP contribution in [0.4, 0.5) is 0 Å². The van der Waals surface area contributed by atoms with Crippen LogP contribution in [0.5, 0.6) is 0 Å². The summed E-state index contributed by atoms with van der Waals surface area (Å²) in [7, 11) is 0. The second-order valence-corrected chi connectivity index (χ2v) is 3.12. The smallest absolute Gasteiger partial charge is 0.315 e. The molecule has 0 N–H and O–H groups in total. The number of esters is 1. The van der Waals surface area contributed by atoms with Gasteiger partial charge in [-0.05, 0) is 25.0 Å². The predicted molar refractivity (Wildman–Crippen MR) is 47.2 cm³/mol. The lowest BCUT2D eigenvalue weighted by atomic mass is 9.97. The number of rotatable bonds is 1. The molecule has 0 aromatic carbocycles. The SMILES string of the molecule is O=C1OCCC[C@H]1c1ccccn1. The maximum absolute atomic E-state index is 11.3. The number of carbonyl (C=O) groups is 1. The first-order chi connectivity index (χ1) is 6.38. The zero-order valence-corrected chi connectivity index (χ0v) is 7.27. The molecule has 2 rings (SSSR count). The normalized spacial score (nSPS) is 22.5. The van der Waals surface area contributed by atoms with Gasteiger partial charge in [0.15, 0.2) is 0 Å². The molecule has 0 amide bonds. The standard InChI is InChI=1S/C10H11NO2/c12-10-8(4-3-7-13-10)9-5-1-2-6-11-9/h1-2,5-6,8H,3-4,7H2/t8-/m0/s1. The summed E-state index contributed by atoms with van der Waals surface area (Å²) in [5.74, 6) is -0.278. The summed E-state index contributed by atoms with van der Waals surface area (Å²) in [5.41, 5.74) is 0.826. The van der Waals surface area contributed by atoms with Gasteiger partial charge in [0.25, 0.3) is 0 Å². The average molecular weight is 177 g/mol. The molecule has 1 aliphatic rings. The van der Waals surface area contributed by atoms with Crippen LogP contribution in [-0.4, -0.2) is 17.6 Å². The summed E-state index contributed by atoms with van der Waals surface area (Å²) in [5, 5.41) is 0. The van der Waals surface area contributed by atoms with Crippen LogP contribution in [0.25, 0.3) is 0 Å². The molecule has 1 aromatic heterocycles. The van der Waals surface area contributed by atoms with Crippen molar-refractivity contribution < 1.29 is 9.53 Å². The third-order valence-corrected chi connectivity index (χ3v) is 2.21. The topological polar surface area (TPSA) is 39.2 Å². The van der Waals surface area contributed by atoms with E-state index in [4.69, 9.17) is 4.74 Å². The molecule has 3 heteroatoms. The minimum atomic E-state index is -0.144. The Bertz CT molecular complexity index is 297. The molecule has 0 spiro atoms. The number of hydrogen-bond acceptors (Lipinski definition) is 3. The molecule has 1 aliphatic heterocycles. The molecule has 0 radical (unpaired) electrons. The summed E-state index contributed by atoms with van der Waals surface area (Å²) in [6.45, 7) is 0.558. The van der Waals surface area contributed by atoms with Crippen molar-refractivity contribution >= 4 is 5.97 Å². The van der Waals surface area contributed by atoms with E-state index >= 15 is 0 Å². The molecule has 0 bridgehead atoms. The number of aromatic nitrogens is 1. The molecular weight excluding hydrogens is 166 g/mol. The number of cyclic esters (lactones) is 1. The Kier molecular flexibility index (Phi) is 2.25. The highest BCUT2D eigenvalue weighted by atomic mass is 16.5. The van der Waals surface area contributed by atoms with Crippen LogP contribution in [0.2, 0.25) is 0 Å². The number of carbonyl (C=O) groups excluding carboxylic acids is 1. The summed E-state index contributed by atoms with van der Waals surface area (Å²) >= 11 is 0. The van der Waals surface area contributed by atoms with Gasteiger partial charge in [0.2, 0.25) is 0 Å². The largest absolute Gasteiger partial charge is 0.465 e. The Morgan fingerprint density at radius 3 is 3.08 bits per heavy atom. The molecule has 1 saturated heterocycles. The zero-order valence-electron chi connectivity index (χ0n) is 7.27. The van der Waals surface area contributed by atoms with Crippen LogP contribution in [0, 0.1) is 0 Å². The fourth-order valence-corrected chi connectivity index (χ4v) is 1.53. The minimum Gasteiger partial charge on any atom is -0.465 e. The highest BCUT2D eigenvalue weighted by Crippen LogP contribution is 2.24. The van der Waals surface area contributed by atoms with Crippen molar-refractivity contribution in [2.75, 3.05) is 6.61 Å². The lowest BCUT2D eigenvalue weighted by Crippen LogP contribution is -2.22. The van der Waals surface area contributed by atoms with Gasteiger partial charge < -0.3 is 4.74 Å². The van der Waals surface area contributed by atoms with Crippen LogP contribution < -0.4 is 0 Å². The van der Waals surface area contributed by atoms with E-state index in [0.29, 0.717) is 6.61 Å². The predicted octanol–water partition coefficient (Wildman–Crippen LogP) is 1.50. The summed E-state index contributed by atoms with van der Waals surface area (Å²) in [6, 6.07) is 5.61. The number of nitrogens with zero attached hydrogens (tertiary/aromatic N) is 1. The molecule has 1 aromatic rings. The first kappa shape index (κ1) is 8.23. The molecule has 1 atom stereocenters. The molecule has 0 unspecified atom stereocenters. The number of ether oxygens (including phenoxy) is 1. The van der Waals surface area contributed by atoms with E-state index in [9.17, 15) is 4.79 Å². The lowest BCUT2D eigenvalue weighted by Gasteiger charge is -2.19. The molecule has 0 aliphatic carbocycles. The van der Waals surface area contributed by atoms with Gasteiger partial charge in [-0.1, -0.05) is 6.07 Å². The lowest BCUT2D eigenvalue weighted by molar-refractivity contribution is -0.149. The third kappa shape index (κ3) is 1.69. The van der Waals surface area contributed by atoms with Crippen molar-refractivity contribution in [3.63, 3.8) is 0 Å². The molecule has 1 fully saturated rings. The molecule has 13 heavy (non-hydrogen) atoms. The minimum absolute atomic E-state index is 0.134. The van der Waals surface area contributed by atoms with E-state index in [-0.39, 0.29) is 11.9 Å². The highest BCUT2D eigenvalue weighted by Gasteiger charge is 2.26. The average Bonchev–Trinajstić information content (AvgIpc) is 2.20. The highest BCUT2D eigenvalue weighted by molar-refractivity contribution is 5.78. The van der Waals surface area contributed by atoms with Crippen LogP contribution in [0.3, 0.4) is 0 Å². The molecule has 68 valence electrons. The number of pyridine rings is 1. The van der Waals surface area contributed by atoms with Crippen molar-refractivity contribution in [2.45, 2.75) is 18.8 Å². The van der Waals surface area contributed by atoms with Crippen molar-refractivity contribution in [1.29, 1.82) is 0 Å². The Morgan fingerprint density at radius 1 is 1.46 bits per heavy atom. The van der Waals surface area contributed by atoms with Crippen molar-refractivity contribution in [3.05, 3.63) is 30.1 Å². The van der Waals surface area contributed by atoms with Gasteiger partial charge in [-0.2, -0.15) is 0 Å². The Hall–Kier alpha value is -1.38. The van der Waals surface area contributed by atoms with Gasteiger partial charge in [0, 0.05) is 6.20 Å². The first-order valence-electron chi connectivity index (χ1n) is 4.45. The number of hydrogen-bond donors (Lipinski definition) is 0. The molecular formula is C10H11NO2. The summed E-state index contributed by atoms with van der Waals surface area (Å²) < 4.78 is 4.97. The first-order valence-corrected chi connectivity index (χ1v) is 4.45. The van der Waals surface area contributed by atoms with Gasteiger partial charge in [0.1, 0.15) is 0 Å². The van der Waals surface area contributed by atoms with Crippen LogP contribution >= 0.6 is 0 Å². The van der Waals surface area contributed by atoms with Gasteiger partial charge in [-0.15, -0.1) is 0 Å². The van der Waals surface area contributed by atoms with Crippen molar-refractivity contribution in [2.24, 2.45) is 0 Å². The van der Waals surface area contributed by atoms with Crippen LogP contribution in [0.1, 0.15) is 24.5 Å². The van der Waals surface area contributed by atoms with E-state index < -0.39 is 0 Å². The van der Waals surface area contributed by atoms with E-state index in [1.807, 2.05) is 18.2 Å². The molecule has 0 saturated carbocycles.